The molecule has 3 aromatic rings. The molecule has 136 valence electrons. The first kappa shape index (κ1) is 18.1. The van der Waals surface area contributed by atoms with Gasteiger partial charge in [0.05, 0.1) is 18.2 Å². The maximum absolute atomic E-state index is 12.0. The van der Waals surface area contributed by atoms with Gasteiger partial charge >= 0.3 is 11.9 Å². The van der Waals surface area contributed by atoms with Gasteiger partial charge in [-0.1, -0.05) is 30.3 Å². The lowest BCUT2D eigenvalue weighted by molar-refractivity contribution is -0.119. The van der Waals surface area contributed by atoms with Gasteiger partial charge < -0.3 is 14.8 Å². The molecule has 0 radical (unpaired) electrons. The number of methoxy groups -OCH3 is 1. The van der Waals surface area contributed by atoms with Gasteiger partial charge in [0.25, 0.3) is 5.91 Å². The second kappa shape index (κ2) is 8.14. The van der Waals surface area contributed by atoms with Crippen molar-refractivity contribution in [2.45, 2.75) is 0 Å². The molecule has 0 aliphatic heterocycles. The normalized spacial score (nSPS) is 10.3. The fraction of sp³-hybridized carbons (Fsp3) is 0.0952. The summed E-state index contributed by atoms with van der Waals surface area (Å²) in [4.78, 5) is 35.4. The molecule has 0 saturated carbocycles. The lowest BCUT2D eigenvalue weighted by atomic mass is 10.1. The van der Waals surface area contributed by atoms with Crippen LogP contribution >= 0.6 is 0 Å². The van der Waals surface area contributed by atoms with Crippen molar-refractivity contribution in [3.8, 4) is 0 Å². The number of amides is 1. The summed E-state index contributed by atoms with van der Waals surface area (Å²) < 4.78 is 9.60. The van der Waals surface area contributed by atoms with Crippen molar-refractivity contribution >= 4 is 34.3 Å². The Bertz CT molecular complexity index is 995. The molecule has 3 rings (SSSR count). The second-order valence-electron chi connectivity index (χ2n) is 5.76. The summed E-state index contributed by atoms with van der Waals surface area (Å²) in [7, 11) is 1.28. The summed E-state index contributed by atoms with van der Waals surface area (Å²) in [5, 5.41) is 4.76. The number of carbonyl (C=O) groups excluding carboxylic acids is 3. The summed E-state index contributed by atoms with van der Waals surface area (Å²) in [6.45, 7) is -0.412. The largest absolute Gasteiger partial charge is 0.465 e. The van der Waals surface area contributed by atoms with Gasteiger partial charge in [-0.3, -0.25) is 4.79 Å². The van der Waals surface area contributed by atoms with E-state index in [0.717, 1.165) is 10.8 Å². The predicted molar refractivity (Wildman–Crippen MR) is 101 cm³/mol. The molecule has 3 aromatic carbocycles. The highest BCUT2D eigenvalue weighted by atomic mass is 16.5. The highest BCUT2D eigenvalue weighted by Crippen LogP contribution is 2.18. The Morgan fingerprint density at radius 2 is 1.44 bits per heavy atom. The molecule has 0 saturated heterocycles. The number of anilines is 1. The van der Waals surface area contributed by atoms with Crippen LogP contribution in [-0.4, -0.2) is 31.6 Å². The second-order valence-corrected chi connectivity index (χ2v) is 5.76. The van der Waals surface area contributed by atoms with Crippen LogP contribution in [0.15, 0.2) is 66.7 Å². The van der Waals surface area contributed by atoms with Crippen LogP contribution in [0.2, 0.25) is 0 Å². The number of benzene rings is 3. The molecular formula is C21H17NO5. The predicted octanol–water partition coefficient (Wildman–Crippen LogP) is 3.42. The SMILES string of the molecule is COC(=O)c1ccc(C(=O)OCC(=O)Nc2ccc3ccccc3c2)cc1. The fourth-order valence-electron chi connectivity index (χ4n) is 2.54. The minimum absolute atomic E-state index is 0.237. The Balaban J connectivity index is 1.56. The summed E-state index contributed by atoms with van der Waals surface area (Å²) >= 11 is 0. The molecule has 0 unspecified atom stereocenters. The molecule has 6 nitrogen and oxygen atoms in total. The van der Waals surface area contributed by atoms with Gasteiger partial charge in [0.1, 0.15) is 0 Å². The third kappa shape index (κ3) is 4.49. The quantitative estimate of drug-likeness (QED) is 0.703. The highest BCUT2D eigenvalue weighted by molar-refractivity contribution is 5.97. The van der Waals surface area contributed by atoms with E-state index in [2.05, 4.69) is 10.1 Å². The van der Waals surface area contributed by atoms with E-state index in [0.29, 0.717) is 11.3 Å². The molecule has 0 heterocycles. The average Bonchev–Trinajstić information content (AvgIpc) is 2.71. The van der Waals surface area contributed by atoms with Gasteiger partial charge in [0.2, 0.25) is 0 Å². The molecule has 0 bridgehead atoms. The molecule has 0 aliphatic rings. The van der Waals surface area contributed by atoms with E-state index in [-0.39, 0.29) is 5.56 Å². The number of nitrogens with one attached hydrogen (secondary N) is 1. The molecule has 0 atom stereocenters. The van der Waals surface area contributed by atoms with Crippen LogP contribution in [-0.2, 0) is 14.3 Å². The molecule has 0 aliphatic carbocycles. The Kier molecular flexibility index (Phi) is 5.47. The monoisotopic (exact) mass is 363 g/mol. The van der Waals surface area contributed by atoms with Crippen LogP contribution in [0.3, 0.4) is 0 Å². The lowest BCUT2D eigenvalue weighted by Crippen LogP contribution is -2.21. The number of carbonyl (C=O) groups is 3. The number of esters is 2. The van der Waals surface area contributed by atoms with E-state index in [4.69, 9.17) is 4.74 Å². The Morgan fingerprint density at radius 1 is 0.815 bits per heavy atom. The highest BCUT2D eigenvalue weighted by Gasteiger charge is 2.12. The fourth-order valence-corrected chi connectivity index (χ4v) is 2.54. The smallest absolute Gasteiger partial charge is 0.338 e. The Morgan fingerprint density at radius 3 is 2.11 bits per heavy atom. The van der Waals surface area contributed by atoms with Gasteiger partial charge in [-0.05, 0) is 47.2 Å². The molecular weight excluding hydrogens is 346 g/mol. The summed E-state index contributed by atoms with van der Waals surface area (Å²) in [6, 6.07) is 19.1. The van der Waals surface area contributed by atoms with Crippen LogP contribution in [0.1, 0.15) is 20.7 Å². The van der Waals surface area contributed by atoms with E-state index in [1.165, 1.54) is 31.4 Å². The Labute approximate surface area is 155 Å². The third-order valence-electron chi connectivity index (χ3n) is 3.91. The number of hydrogen-bond acceptors (Lipinski definition) is 5. The van der Waals surface area contributed by atoms with Crippen molar-refractivity contribution in [2.75, 3.05) is 19.0 Å². The van der Waals surface area contributed by atoms with E-state index >= 15 is 0 Å². The molecule has 6 heteroatoms. The van der Waals surface area contributed by atoms with Gasteiger partial charge in [-0.25, -0.2) is 9.59 Å². The van der Waals surface area contributed by atoms with E-state index in [1.807, 2.05) is 36.4 Å². The number of fused-ring (bicyclic) bond motifs is 1. The zero-order valence-electron chi connectivity index (χ0n) is 14.6. The first-order chi connectivity index (χ1) is 13.1. The van der Waals surface area contributed by atoms with Crippen molar-refractivity contribution in [3.05, 3.63) is 77.9 Å². The summed E-state index contributed by atoms with van der Waals surface area (Å²) in [5.41, 5.74) is 1.18. The Hall–Kier alpha value is -3.67. The number of hydrogen-bond donors (Lipinski definition) is 1. The molecule has 0 aromatic heterocycles. The molecule has 0 spiro atoms. The third-order valence-corrected chi connectivity index (χ3v) is 3.91. The van der Waals surface area contributed by atoms with Gasteiger partial charge in [0.15, 0.2) is 6.61 Å². The summed E-state index contributed by atoms with van der Waals surface area (Å²) in [6.07, 6.45) is 0. The number of ether oxygens (including phenoxy) is 2. The van der Waals surface area contributed by atoms with Crippen molar-refractivity contribution in [2.24, 2.45) is 0 Å². The van der Waals surface area contributed by atoms with Gasteiger partial charge in [-0.15, -0.1) is 0 Å². The molecule has 27 heavy (non-hydrogen) atoms. The topological polar surface area (TPSA) is 81.7 Å². The van der Waals surface area contributed by atoms with Gasteiger partial charge in [-0.2, -0.15) is 0 Å². The zero-order chi connectivity index (χ0) is 19.2. The van der Waals surface area contributed by atoms with E-state index in [1.54, 1.807) is 6.07 Å². The summed E-state index contributed by atoms with van der Waals surface area (Å²) in [5.74, 6) is -1.59. The first-order valence-electron chi connectivity index (χ1n) is 8.21. The zero-order valence-corrected chi connectivity index (χ0v) is 14.6. The maximum atomic E-state index is 12.0. The minimum Gasteiger partial charge on any atom is -0.465 e. The van der Waals surface area contributed by atoms with Crippen LogP contribution in [0.4, 0.5) is 5.69 Å². The van der Waals surface area contributed by atoms with Crippen molar-refractivity contribution in [1.82, 2.24) is 0 Å². The van der Waals surface area contributed by atoms with Crippen LogP contribution in [0.25, 0.3) is 10.8 Å². The van der Waals surface area contributed by atoms with E-state index in [9.17, 15) is 14.4 Å². The van der Waals surface area contributed by atoms with Gasteiger partial charge in [0, 0.05) is 5.69 Å². The molecule has 1 amide bonds. The standard InChI is InChI=1S/C21H17NO5/c1-26-20(24)15-6-8-16(9-7-15)21(25)27-13-19(23)22-18-11-10-14-4-2-3-5-17(14)12-18/h2-12H,13H2,1H3,(H,22,23). The van der Waals surface area contributed by atoms with Crippen molar-refractivity contribution < 1.29 is 23.9 Å². The van der Waals surface area contributed by atoms with E-state index < -0.39 is 24.5 Å². The first-order valence-corrected chi connectivity index (χ1v) is 8.21. The van der Waals surface area contributed by atoms with Crippen LogP contribution < -0.4 is 5.32 Å². The lowest BCUT2D eigenvalue weighted by Gasteiger charge is -2.08. The van der Waals surface area contributed by atoms with Crippen LogP contribution in [0.5, 0.6) is 0 Å². The average molecular weight is 363 g/mol. The van der Waals surface area contributed by atoms with Crippen molar-refractivity contribution in [3.63, 3.8) is 0 Å². The van der Waals surface area contributed by atoms with Crippen LogP contribution in [0, 0.1) is 0 Å². The van der Waals surface area contributed by atoms with Crippen molar-refractivity contribution in [1.29, 1.82) is 0 Å². The maximum Gasteiger partial charge on any atom is 0.338 e. The molecule has 1 N–H and O–H groups in total. The molecule has 0 fully saturated rings. The minimum atomic E-state index is -0.653. The number of rotatable bonds is 5.